The van der Waals surface area contributed by atoms with E-state index in [9.17, 15) is 0 Å². The molecule has 0 aliphatic carbocycles. The number of nitrogens with one attached hydrogen (secondary N) is 1. The van der Waals surface area contributed by atoms with Crippen LogP contribution in [0, 0.1) is 13.8 Å². The molecular weight excluding hydrogens is 242 g/mol. The molecule has 2 heterocycles. The van der Waals surface area contributed by atoms with Gasteiger partial charge in [0.05, 0.1) is 0 Å². The van der Waals surface area contributed by atoms with E-state index >= 15 is 0 Å². The third kappa shape index (κ3) is 3.92. The Kier molecular flexibility index (Phi) is 5.52. The summed E-state index contributed by atoms with van der Waals surface area (Å²) in [6, 6.07) is 2.02. The van der Waals surface area contributed by atoms with Crippen LogP contribution in [0.15, 0.2) is 11.2 Å². The van der Waals surface area contributed by atoms with Crippen molar-refractivity contribution in [3.63, 3.8) is 0 Å². The number of aromatic nitrogens is 2. The quantitative estimate of drug-likeness (QED) is 0.828. The van der Waals surface area contributed by atoms with Crippen molar-refractivity contribution in [1.82, 2.24) is 15.3 Å². The third-order valence-electron chi connectivity index (χ3n) is 2.52. The van der Waals surface area contributed by atoms with E-state index in [1.807, 2.05) is 31.7 Å². The standard InChI is InChI=1S/C11H17N3S.ClH/c1-8-7-9(2)14-11(13-8)15-10-3-5-12-6-4-10;/h7,10,12H,3-6H2,1-2H3;1H. The Morgan fingerprint density at radius 3 is 2.31 bits per heavy atom. The van der Waals surface area contributed by atoms with E-state index in [-0.39, 0.29) is 12.4 Å². The lowest BCUT2D eigenvalue weighted by Gasteiger charge is -2.21. The number of hydrogen-bond donors (Lipinski definition) is 1. The van der Waals surface area contributed by atoms with E-state index < -0.39 is 0 Å². The van der Waals surface area contributed by atoms with Crippen LogP contribution in [0.5, 0.6) is 0 Å². The van der Waals surface area contributed by atoms with E-state index in [2.05, 4.69) is 15.3 Å². The Morgan fingerprint density at radius 2 is 1.75 bits per heavy atom. The summed E-state index contributed by atoms with van der Waals surface area (Å²) in [6.45, 7) is 6.31. The lowest BCUT2D eigenvalue weighted by molar-refractivity contribution is 0.530. The van der Waals surface area contributed by atoms with Crippen molar-refractivity contribution >= 4 is 24.2 Å². The van der Waals surface area contributed by atoms with Crippen LogP contribution in [0.2, 0.25) is 0 Å². The minimum absolute atomic E-state index is 0. The van der Waals surface area contributed by atoms with Gasteiger partial charge in [-0.3, -0.25) is 0 Å². The second-order valence-electron chi connectivity index (χ2n) is 4.00. The fraction of sp³-hybridized carbons (Fsp3) is 0.636. The van der Waals surface area contributed by atoms with Gasteiger partial charge in [-0.15, -0.1) is 12.4 Å². The summed E-state index contributed by atoms with van der Waals surface area (Å²) in [4.78, 5) is 8.92. The van der Waals surface area contributed by atoms with E-state index in [4.69, 9.17) is 0 Å². The number of nitrogens with zero attached hydrogens (tertiary/aromatic N) is 2. The normalized spacial score (nSPS) is 16.9. The highest BCUT2D eigenvalue weighted by Gasteiger charge is 2.15. The molecular formula is C11H18ClN3S. The molecule has 0 unspecified atom stereocenters. The molecule has 2 rings (SSSR count). The zero-order chi connectivity index (χ0) is 10.7. The summed E-state index contributed by atoms with van der Waals surface area (Å²) >= 11 is 1.83. The highest BCUT2D eigenvalue weighted by Crippen LogP contribution is 2.26. The van der Waals surface area contributed by atoms with Gasteiger partial charge in [0.15, 0.2) is 5.16 Å². The van der Waals surface area contributed by atoms with Gasteiger partial charge in [0, 0.05) is 16.6 Å². The molecule has 0 spiro atoms. The molecule has 1 aliphatic heterocycles. The van der Waals surface area contributed by atoms with Crippen LogP contribution < -0.4 is 5.32 Å². The summed E-state index contributed by atoms with van der Waals surface area (Å²) in [5.41, 5.74) is 2.14. The Labute approximate surface area is 107 Å². The summed E-state index contributed by atoms with van der Waals surface area (Å²) in [7, 11) is 0. The van der Waals surface area contributed by atoms with Gasteiger partial charge in [-0.1, -0.05) is 11.8 Å². The largest absolute Gasteiger partial charge is 0.317 e. The fourth-order valence-corrected chi connectivity index (χ4v) is 2.97. The molecule has 3 nitrogen and oxygen atoms in total. The fourth-order valence-electron chi connectivity index (χ4n) is 1.81. The van der Waals surface area contributed by atoms with E-state index in [1.165, 1.54) is 12.8 Å². The Balaban J connectivity index is 0.00000128. The molecule has 0 saturated carbocycles. The third-order valence-corrected chi connectivity index (χ3v) is 3.72. The van der Waals surface area contributed by atoms with Crippen LogP contribution in [-0.4, -0.2) is 28.3 Å². The van der Waals surface area contributed by atoms with Gasteiger partial charge in [0.2, 0.25) is 0 Å². The maximum Gasteiger partial charge on any atom is 0.188 e. The molecule has 0 radical (unpaired) electrons. The Morgan fingerprint density at radius 1 is 1.19 bits per heavy atom. The lowest BCUT2D eigenvalue weighted by atomic mass is 10.2. The first-order valence-corrected chi connectivity index (χ1v) is 6.31. The van der Waals surface area contributed by atoms with Gasteiger partial charge in [-0.2, -0.15) is 0 Å². The molecule has 1 aliphatic rings. The van der Waals surface area contributed by atoms with Crippen LogP contribution in [0.4, 0.5) is 0 Å². The van der Waals surface area contributed by atoms with Gasteiger partial charge in [0.25, 0.3) is 0 Å². The van der Waals surface area contributed by atoms with Crippen molar-refractivity contribution in [1.29, 1.82) is 0 Å². The van der Waals surface area contributed by atoms with Crippen molar-refractivity contribution in [2.75, 3.05) is 13.1 Å². The van der Waals surface area contributed by atoms with Crippen molar-refractivity contribution < 1.29 is 0 Å². The molecule has 16 heavy (non-hydrogen) atoms. The Bertz CT molecular complexity index is 320. The number of piperidine rings is 1. The molecule has 5 heteroatoms. The van der Waals surface area contributed by atoms with E-state index in [0.29, 0.717) is 5.25 Å². The van der Waals surface area contributed by atoms with Crippen molar-refractivity contribution in [3.8, 4) is 0 Å². The predicted octanol–water partition coefficient (Wildman–Crippen LogP) is 2.36. The van der Waals surface area contributed by atoms with Crippen molar-refractivity contribution in [2.24, 2.45) is 0 Å². The van der Waals surface area contributed by atoms with Crippen molar-refractivity contribution in [2.45, 2.75) is 37.1 Å². The first-order chi connectivity index (χ1) is 7.24. The smallest absolute Gasteiger partial charge is 0.188 e. The number of thioether (sulfide) groups is 1. The summed E-state index contributed by atoms with van der Waals surface area (Å²) < 4.78 is 0. The molecule has 1 aromatic rings. The monoisotopic (exact) mass is 259 g/mol. The second-order valence-corrected chi connectivity index (χ2v) is 5.27. The molecule has 0 amide bonds. The molecule has 0 bridgehead atoms. The minimum atomic E-state index is 0. The topological polar surface area (TPSA) is 37.8 Å². The zero-order valence-electron chi connectivity index (χ0n) is 9.69. The average molecular weight is 260 g/mol. The molecule has 1 aromatic heterocycles. The lowest BCUT2D eigenvalue weighted by Crippen LogP contribution is -2.29. The summed E-state index contributed by atoms with van der Waals surface area (Å²) in [5.74, 6) is 0. The van der Waals surface area contributed by atoms with Crippen LogP contribution in [-0.2, 0) is 0 Å². The molecule has 90 valence electrons. The molecule has 0 aromatic carbocycles. The number of halogens is 1. The number of hydrogen-bond acceptors (Lipinski definition) is 4. The van der Waals surface area contributed by atoms with E-state index in [0.717, 1.165) is 29.6 Å². The van der Waals surface area contributed by atoms with Crippen LogP contribution in [0.3, 0.4) is 0 Å². The van der Waals surface area contributed by atoms with Gasteiger partial charge in [-0.05, 0) is 45.8 Å². The molecule has 1 fully saturated rings. The first kappa shape index (κ1) is 13.7. The SMILES string of the molecule is Cc1cc(C)nc(SC2CCNCC2)n1.Cl. The maximum absolute atomic E-state index is 4.46. The highest BCUT2D eigenvalue weighted by molar-refractivity contribution is 7.99. The molecule has 1 saturated heterocycles. The minimum Gasteiger partial charge on any atom is -0.317 e. The second kappa shape index (κ2) is 6.42. The average Bonchev–Trinajstić information content (AvgIpc) is 2.17. The van der Waals surface area contributed by atoms with Gasteiger partial charge in [-0.25, -0.2) is 9.97 Å². The predicted molar refractivity (Wildman–Crippen MR) is 70.5 cm³/mol. The molecule has 0 atom stereocenters. The highest BCUT2D eigenvalue weighted by atomic mass is 35.5. The number of aryl methyl sites for hydroxylation is 2. The number of rotatable bonds is 2. The summed E-state index contributed by atoms with van der Waals surface area (Å²) in [6.07, 6.45) is 2.45. The van der Waals surface area contributed by atoms with E-state index in [1.54, 1.807) is 0 Å². The van der Waals surface area contributed by atoms with Gasteiger partial charge < -0.3 is 5.32 Å². The summed E-state index contributed by atoms with van der Waals surface area (Å²) in [5, 5.41) is 5.00. The van der Waals surface area contributed by atoms with Crippen LogP contribution in [0.25, 0.3) is 0 Å². The van der Waals surface area contributed by atoms with Crippen LogP contribution in [0.1, 0.15) is 24.2 Å². The zero-order valence-corrected chi connectivity index (χ0v) is 11.3. The van der Waals surface area contributed by atoms with Gasteiger partial charge in [0.1, 0.15) is 0 Å². The van der Waals surface area contributed by atoms with Gasteiger partial charge >= 0.3 is 0 Å². The molecule has 1 N–H and O–H groups in total. The van der Waals surface area contributed by atoms with Crippen molar-refractivity contribution in [3.05, 3.63) is 17.5 Å². The first-order valence-electron chi connectivity index (χ1n) is 5.44. The Hall–Kier alpha value is -0.320. The van der Waals surface area contributed by atoms with Crippen LogP contribution >= 0.6 is 24.2 Å². The maximum atomic E-state index is 4.46.